The average Bonchev–Trinajstić information content (AvgIpc) is 1.94. The summed E-state index contributed by atoms with van der Waals surface area (Å²) < 4.78 is 40.8. The predicted molar refractivity (Wildman–Crippen MR) is 42.6 cm³/mol. The van der Waals surface area contributed by atoms with Gasteiger partial charge in [-0.2, -0.15) is 0 Å². The van der Waals surface area contributed by atoms with Gasteiger partial charge in [-0.1, -0.05) is 6.07 Å². The van der Waals surface area contributed by atoms with Crippen LogP contribution in [0.1, 0.15) is 5.56 Å². The Morgan fingerprint density at radius 2 is 2.00 bits per heavy atom. The van der Waals surface area contributed by atoms with Crippen LogP contribution in [0, 0.1) is 12.7 Å². The summed E-state index contributed by atoms with van der Waals surface area (Å²) in [6, 6.07) is 3.33. The maximum atomic E-state index is 12.6. The predicted octanol–water partition coefficient (Wildman–Crippen LogP) is 3.30. The zero-order valence-electron chi connectivity index (χ0n) is 6.65. The first-order valence-corrected chi connectivity index (χ1v) is 3.78. The lowest BCUT2D eigenvalue weighted by atomic mass is 10.2. The Balaban J connectivity index is 2.94. The quantitative estimate of drug-likeness (QED) is 0.681. The van der Waals surface area contributed by atoms with Crippen molar-refractivity contribution in [1.82, 2.24) is 0 Å². The maximum Gasteiger partial charge on any atom is 0.487 e. The second-order valence-electron chi connectivity index (χ2n) is 2.46. The molecular weight excluding hydrogens is 205 g/mol. The first kappa shape index (κ1) is 10.2. The van der Waals surface area contributed by atoms with Gasteiger partial charge in [-0.3, -0.25) is 0 Å². The van der Waals surface area contributed by atoms with Crippen LogP contribution in [0.2, 0.25) is 0 Å². The fraction of sp³-hybridized carbons (Fsp3) is 0.250. The Labute approximate surface area is 78.1 Å². The highest BCUT2D eigenvalue weighted by atomic mass is 35.5. The Morgan fingerprint density at radius 1 is 1.38 bits per heavy atom. The van der Waals surface area contributed by atoms with Crippen molar-refractivity contribution in [3.63, 3.8) is 0 Å². The van der Waals surface area contributed by atoms with Crippen LogP contribution >= 0.6 is 11.6 Å². The zero-order valence-corrected chi connectivity index (χ0v) is 7.41. The Morgan fingerprint density at radius 3 is 2.54 bits per heavy atom. The summed E-state index contributed by atoms with van der Waals surface area (Å²) in [5.41, 5.74) is -3.42. The molecule has 0 bridgehead atoms. The minimum Gasteiger partial charge on any atom is -0.420 e. The van der Waals surface area contributed by atoms with E-state index in [-0.39, 0.29) is 5.75 Å². The molecule has 0 fully saturated rings. The topological polar surface area (TPSA) is 9.23 Å². The van der Waals surface area contributed by atoms with Crippen LogP contribution in [-0.2, 0) is 0 Å². The van der Waals surface area contributed by atoms with Crippen LogP contribution in [0.4, 0.5) is 13.2 Å². The van der Waals surface area contributed by atoms with Gasteiger partial charge >= 0.3 is 5.57 Å². The first-order valence-electron chi connectivity index (χ1n) is 3.40. The van der Waals surface area contributed by atoms with Gasteiger partial charge in [-0.05, 0) is 18.6 Å². The molecule has 0 heterocycles. The second-order valence-corrected chi connectivity index (χ2v) is 2.90. The molecule has 0 aliphatic heterocycles. The zero-order chi connectivity index (χ0) is 10.1. The monoisotopic (exact) mass is 210 g/mol. The Kier molecular flexibility index (Phi) is 2.71. The number of halogens is 4. The molecule has 72 valence electrons. The Hall–Kier alpha value is -0.900. The second kappa shape index (κ2) is 3.46. The molecule has 0 aliphatic rings. The third kappa shape index (κ3) is 3.14. The lowest BCUT2D eigenvalue weighted by Crippen LogP contribution is -2.16. The summed E-state index contributed by atoms with van der Waals surface area (Å²) in [6.07, 6.45) is 0. The molecule has 1 nitrogen and oxygen atoms in total. The van der Waals surface area contributed by atoms with Crippen LogP contribution in [0.25, 0.3) is 0 Å². The summed E-state index contributed by atoms with van der Waals surface area (Å²) in [5.74, 6) is -0.915. The van der Waals surface area contributed by atoms with Crippen LogP contribution in [-0.4, -0.2) is 5.57 Å². The smallest absolute Gasteiger partial charge is 0.420 e. The summed E-state index contributed by atoms with van der Waals surface area (Å²) >= 11 is 4.51. The van der Waals surface area contributed by atoms with Crippen molar-refractivity contribution in [2.45, 2.75) is 12.5 Å². The van der Waals surface area contributed by atoms with Crippen LogP contribution in [0.3, 0.4) is 0 Å². The number of ether oxygens (including phenoxy) is 1. The molecule has 0 N–H and O–H groups in total. The summed E-state index contributed by atoms with van der Waals surface area (Å²) in [7, 11) is 0. The molecule has 0 saturated carbocycles. The number of hydrogen-bond acceptors (Lipinski definition) is 1. The molecule has 0 radical (unpaired) electrons. The molecule has 1 aromatic carbocycles. The standard InChI is InChI=1S/C8H6ClF3O/c1-5-2-3-6(10)4-7(5)13-8(9,11)12/h2-4H,1H3. The van der Waals surface area contributed by atoms with Crippen LogP contribution < -0.4 is 4.74 Å². The van der Waals surface area contributed by atoms with Crippen molar-refractivity contribution in [2.24, 2.45) is 0 Å². The number of aryl methyl sites for hydroxylation is 1. The molecule has 0 aromatic heterocycles. The van der Waals surface area contributed by atoms with Crippen LogP contribution in [0.5, 0.6) is 5.75 Å². The molecule has 0 spiro atoms. The number of rotatable bonds is 2. The lowest BCUT2D eigenvalue weighted by Gasteiger charge is -2.12. The minimum atomic E-state index is -3.81. The van der Waals surface area contributed by atoms with E-state index in [1.165, 1.54) is 13.0 Å². The van der Waals surface area contributed by atoms with Crippen molar-refractivity contribution in [3.8, 4) is 5.75 Å². The first-order chi connectivity index (χ1) is 5.88. The van der Waals surface area contributed by atoms with Gasteiger partial charge < -0.3 is 4.74 Å². The van der Waals surface area contributed by atoms with E-state index in [1.54, 1.807) is 0 Å². The van der Waals surface area contributed by atoms with Gasteiger partial charge in [-0.15, -0.1) is 8.78 Å². The van der Waals surface area contributed by atoms with Gasteiger partial charge in [0.2, 0.25) is 0 Å². The van der Waals surface area contributed by atoms with E-state index in [9.17, 15) is 13.2 Å². The average molecular weight is 211 g/mol. The molecule has 0 unspecified atom stereocenters. The number of alkyl halides is 3. The van der Waals surface area contributed by atoms with Crippen molar-refractivity contribution in [3.05, 3.63) is 29.6 Å². The molecule has 0 atom stereocenters. The van der Waals surface area contributed by atoms with Crippen LogP contribution in [0.15, 0.2) is 18.2 Å². The molecule has 0 saturated heterocycles. The number of hydrogen-bond donors (Lipinski definition) is 0. The van der Waals surface area contributed by atoms with Gasteiger partial charge in [0.25, 0.3) is 0 Å². The molecule has 13 heavy (non-hydrogen) atoms. The summed E-state index contributed by atoms with van der Waals surface area (Å²) in [4.78, 5) is 0. The van der Waals surface area contributed by atoms with E-state index < -0.39 is 11.4 Å². The molecule has 0 amide bonds. The highest BCUT2D eigenvalue weighted by Gasteiger charge is 2.28. The molecular formula is C8H6ClF3O. The van der Waals surface area contributed by atoms with Crippen molar-refractivity contribution < 1.29 is 17.9 Å². The van der Waals surface area contributed by atoms with Gasteiger partial charge in [0.1, 0.15) is 11.6 Å². The Bertz CT molecular complexity index is 309. The molecule has 5 heteroatoms. The van der Waals surface area contributed by atoms with E-state index in [0.717, 1.165) is 12.1 Å². The minimum absolute atomic E-state index is 0.264. The van der Waals surface area contributed by atoms with Gasteiger partial charge in [0.15, 0.2) is 0 Å². The van der Waals surface area contributed by atoms with E-state index in [1.807, 2.05) is 0 Å². The highest BCUT2D eigenvalue weighted by molar-refractivity contribution is 6.20. The molecule has 1 rings (SSSR count). The van der Waals surface area contributed by atoms with Crippen molar-refractivity contribution >= 4 is 11.6 Å². The SMILES string of the molecule is Cc1ccc(F)cc1OC(F)(F)Cl. The van der Waals surface area contributed by atoms with E-state index in [0.29, 0.717) is 5.56 Å². The summed E-state index contributed by atoms with van der Waals surface area (Å²) in [5, 5.41) is 0. The third-order valence-electron chi connectivity index (χ3n) is 1.38. The van der Waals surface area contributed by atoms with E-state index >= 15 is 0 Å². The molecule has 1 aromatic rings. The normalized spacial score (nSPS) is 11.5. The van der Waals surface area contributed by atoms with Crippen molar-refractivity contribution in [2.75, 3.05) is 0 Å². The highest BCUT2D eigenvalue weighted by Crippen LogP contribution is 2.27. The maximum absolute atomic E-state index is 12.6. The van der Waals surface area contributed by atoms with Gasteiger partial charge in [-0.25, -0.2) is 4.39 Å². The van der Waals surface area contributed by atoms with Gasteiger partial charge in [0, 0.05) is 17.7 Å². The number of benzene rings is 1. The fourth-order valence-electron chi connectivity index (χ4n) is 0.809. The molecule has 0 aliphatic carbocycles. The lowest BCUT2D eigenvalue weighted by molar-refractivity contribution is -0.0969. The third-order valence-corrected chi connectivity index (χ3v) is 1.45. The van der Waals surface area contributed by atoms with Gasteiger partial charge in [0.05, 0.1) is 0 Å². The summed E-state index contributed by atoms with van der Waals surface area (Å²) in [6.45, 7) is 1.51. The van der Waals surface area contributed by atoms with E-state index in [2.05, 4.69) is 16.3 Å². The fourth-order valence-corrected chi connectivity index (χ4v) is 0.892. The van der Waals surface area contributed by atoms with E-state index in [4.69, 9.17) is 0 Å². The van der Waals surface area contributed by atoms with Crippen molar-refractivity contribution in [1.29, 1.82) is 0 Å². The largest absolute Gasteiger partial charge is 0.487 e.